The second-order valence-corrected chi connectivity index (χ2v) is 6.82. The molecule has 2 aromatic rings. The van der Waals surface area contributed by atoms with Crippen molar-refractivity contribution >= 4 is 21.6 Å². The fourth-order valence-electron chi connectivity index (χ4n) is 2.55. The summed E-state index contributed by atoms with van der Waals surface area (Å²) in [7, 11) is -3.75. The molecule has 1 atom stereocenters. The number of carbonyl (C=O) groups is 1. The minimum Gasteiger partial charge on any atom is -0.363 e. The van der Waals surface area contributed by atoms with Gasteiger partial charge in [0.05, 0.1) is 11.5 Å². The highest BCUT2D eigenvalue weighted by atomic mass is 32.2. The first-order valence-electron chi connectivity index (χ1n) is 7.08. The Kier molecular flexibility index (Phi) is 4.16. The maximum atomic E-state index is 12.4. The molecular weight excluding hydrogens is 316 g/mol. The number of amides is 1. The predicted octanol–water partition coefficient (Wildman–Crippen LogP) is 1.59. The van der Waals surface area contributed by atoms with Gasteiger partial charge in [0.15, 0.2) is 6.10 Å². The Morgan fingerprint density at radius 3 is 2.52 bits per heavy atom. The Morgan fingerprint density at radius 1 is 1.13 bits per heavy atom. The molecule has 23 heavy (non-hydrogen) atoms. The molecule has 7 heteroatoms. The van der Waals surface area contributed by atoms with Crippen LogP contribution in [0.5, 0.6) is 0 Å². The summed E-state index contributed by atoms with van der Waals surface area (Å²) in [5, 5.41) is 7.77. The molecule has 0 unspecified atom stereocenters. The summed E-state index contributed by atoms with van der Waals surface area (Å²) in [4.78, 5) is 12.4. The molecule has 1 aliphatic heterocycles. The third-order valence-electron chi connectivity index (χ3n) is 3.68. The van der Waals surface area contributed by atoms with E-state index in [1.54, 1.807) is 0 Å². The Bertz CT molecular complexity index is 831. The number of sulfonamides is 1. The zero-order chi connectivity index (χ0) is 16.4. The van der Waals surface area contributed by atoms with Gasteiger partial charge in [0.2, 0.25) is 10.0 Å². The monoisotopic (exact) mass is 332 g/mol. The molecule has 0 radical (unpaired) electrons. The number of primary sulfonamides is 1. The van der Waals surface area contributed by atoms with Crippen molar-refractivity contribution < 1.29 is 17.9 Å². The number of fused-ring (bicyclic) bond motifs is 1. The molecule has 0 fully saturated rings. The van der Waals surface area contributed by atoms with E-state index in [2.05, 4.69) is 5.32 Å². The molecule has 6 nitrogen and oxygen atoms in total. The second-order valence-electron chi connectivity index (χ2n) is 5.26. The molecule has 0 aliphatic carbocycles. The van der Waals surface area contributed by atoms with Crippen molar-refractivity contribution in [1.82, 2.24) is 0 Å². The van der Waals surface area contributed by atoms with Gasteiger partial charge in [-0.2, -0.15) is 0 Å². The molecule has 1 heterocycles. The van der Waals surface area contributed by atoms with Gasteiger partial charge in [-0.25, -0.2) is 13.6 Å². The highest BCUT2D eigenvalue weighted by Crippen LogP contribution is 2.28. The standard InChI is InChI=1S/C16H16N2O4S/c17-23(20,21)13-7-5-12(6-8-13)18-16(19)15-14-4-2-1-3-11(14)9-10-22-15/h1-8,15H,9-10H2,(H,18,19)(H2,17,20,21)/t15-/m1/s1. The highest BCUT2D eigenvalue weighted by molar-refractivity contribution is 7.89. The fraction of sp³-hybridized carbons (Fsp3) is 0.188. The second kappa shape index (κ2) is 6.11. The number of nitrogens with one attached hydrogen (secondary N) is 1. The van der Waals surface area contributed by atoms with Crippen molar-refractivity contribution in [3.63, 3.8) is 0 Å². The van der Waals surface area contributed by atoms with Gasteiger partial charge in [-0.3, -0.25) is 4.79 Å². The summed E-state index contributed by atoms with van der Waals surface area (Å²) in [5.41, 5.74) is 2.44. The summed E-state index contributed by atoms with van der Waals surface area (Å²) < 4.78 is 28.0. The summed E-state index contributed by atoms with van der Waals surface area (Å²) in [6.07, 6.45) is 0.112. The zero-order valence-corrected chi connectivity index (χ0v) is 13.0. The van der Waals surface area contributed by atoms with E-state index in [9.17, 15) is 13.2 Å². The summed E-state index contributed by atoms with van der Waals surface area (Å²) in [5.74, 6) is -0.291. The predicted molar refractivity (Wildman–Crippen MR) is 85.3 cm³/mol. The lowest BCUT2D eigenvalue weighted by Crippen LogP contribution is -2.28. The van der Waals surface area contributed by atoms with Crippen LogP contribution in [0, 0.1) is 0 Å². The molecule has 0 aromatic heterocycles. The summed E-state index contributed by atoms with van der Waals surface area (Å²) in [6.45, 7) is 0.486. The van der Waals surface area contributed by atoms with Gasteiger partial charge in [-0.1, -0.05) is 24.3 Å². The van der Waals surface area contributed by atoms with Crippen LogP contribution in [0.15, 0.2) is 53.4 Å². The molecule has 0 spiro atoms. The van der Waals surface area contributed by atoms with Crippen LogP contribution in [-0.4, -0.2) is 20.9 Å². The SMILES string of the molecule is NS(=O)(=O)c1ccc(NC(=O)[C@@H]2OCCc3ccccc32)cc1. The third-order valence-corrected chi connectivity index (χ3v) is 4.61. The van der Waals surface area contributed by atoms with Crippen LogP contribution in [0.1, 0.15) is 17.2 Å². The molecule has 0 saturated heterocycles. The third kappa shape index (κ3) is 3.42. The van der Waals surface area contributed by atoms with Crippen molar-refractivity contribution in [2.45, 2.75) is 17.4 Å². The van der Waals surface area contributed by atoms with Crippen LogP contribution in [0.25, 0.3) is 0 Å². The van der Waals surface area contributed by atoms with Crippen molar-refractivity contribution in [3.8, 4) is 0 Å². The van der Waals surface area contributed by atoms with Crippen LogP contribution in [0.2, 0.25) is 0 Å². The van der Waals surface area contributed by atoms with E-state index in [0.717, 1.165) is 17.5 Å². The number of rotatable bonds is 3. The van der Waals surface area contributed by atoms with Crippen LogP contribution < -0.4 is 10.5 Å². The van der Waals surface area contributed by atoms with Gasteiger partial charge in [0.25, 0.3) is 5.91 Å². The van der Waals surface area contributed by atoms with E-state index >= 15 is 0 Å². The average molecular weight is 332 g/mol. The molecule has 3 rings (SSSR count). The Labute approximate surface area is 134 Å². The Hall–Kier alpha value is -2.22. The van der Waals surface area contributed by atoms with E-state index in [1.165, 1.54) is 24.3 Å². The number of hydrogen-bond donors (Lipinski definition) is 2. The average Bonchev–Trinajstić information content (AvgIpc) is 2.54. The van der Waals surface area contributed by atoms with Crippen molar-refractivity contribution in [2.24, 2.45) is 5.14 Å². The molecule has 2 aromatic carbocycles. The number of carbonyl (C=O) groups excluding carboxylic acids is 1. The first kappa shape index (κ1) is 15.7. The topological polar surface area (TPSA) is 98.5 Å². The number of hydrogen-bond acceptors (Lipinski definition) is 4. The zero-order valence-electron chi connectivity index (χ0n) is 12.2. The maximum Gasteiger partial charge on any atom is 0.258 e. The van der Waals surface area contributed by atoms with E-state index in [0.29, 0.717) is 12.3 Å². The van der Waals surface area contributed by atoms with Crippen LogP contribution in [0.4, 0.5) is 5.69 Å². The minimum absolute atomic E-state index is 0.00485. The molecule has 120 valence electrons. The van der Waals surface area contributed by atoms with E-state index in [-0.39, 0.29) is 10.8 Å². The van der Waals surface area contributed by atoms with E-state index in [4.69, 9.17) is 9.88 Å². The lowest BCUT2D eigenvalue weighted by atomic mass is 9.97. The van der Waals surface area contributed by atoms with Crippen molar-refractivity contribution in [1.29, 1.82) is 0 Å². The quantitative estimate of drug-likeness (QED) is 0.891. The fourth-order valence-corrected chi connectivity index (χ4v) is 3.06. The molecule has 1 aliphatic rings. The minimum atomic E-state index is -3.75. The molecule has 0 bridgehead atoms. The van der Waals surface area contributed by atoms with E-state index < -0.39 is 16.1 Å². The number of ether oxygens (including phenoxy) is 1. The first-order chi connectivity index (χ1) is 10.9. The van der Waals surface area contributed by atoms with Gasteiger partial charge in [0, 0.05) is 5.69 Å². The van der Waals surface area contributed by atoms with Crippen molar-refractivity contribution in [3.05, 3.63) is 59.7 Å². The number of anilines is 1. The summed E-state index contributed by atoms with van der Waals surface area (Å²) >= 11 is 0. The Morgan fingerprint density at radius 2 is 1.83 bits per heavy atom. The highest BCUT2D eigenvalue weighted by Gasteiger charge is 2.27. The van der Waals surface area contributed by atoms with Crippen molar-refractivity contribution in [2.75, 3.05) is 11.9 Å². The normalized spacial score (nSPS) is 17.3. The Balaban J connectivity index is 1.78. The van der Waals surface area contributed by atoms with E-state index in [1.807, 2.05) is 24.3 Å². The molecular formula is C16H16N2O4S. The van der Waals surface area contributed by atoms with Gasteiger partial charge < -0.3 is 10.1 Å². The molecule has 1 amide bonds. The summed E-state index contributed by atoms with van der Waals surface area (Å²) in [6, 6.07) is 13.3. The number of nitrogens with two attached hydrogens (primary N) is 1. The molecule has 0 saturated carbocycles. The van der Waals surface area contributed by atoms with Gasteiger partial charge in [-0.15, -0.1) is 0 Å². The van der Waals surface area contributed by atoms with Gasteiger partial charge in [0.1, 0.15) is 0 Å². The van der Waals surface area contributed by atoms with Gasteiger partial charge in [-0.05, 0) is 41.8 Å². The number of benzene rings is 2. The van der Waals surface area contributed by atoms with Crippen LogP contribution in [-0.2, 0) is 26.0 Å². The van der Waals surface area contributed by atoms with Crippen LogP contribution in [0.3, 0.4) is 0 Å². The lowest BCUT2D eigenvalue weighted by Gasteiger charge is -2.25. The molecule has 3 N–H and O–H groups in total. The lowest BCUT2D eigenvalue weighted by molar-refractivity contribution is -0.128. The van der Waals surface area contributed by atoms with Crippen LogP contribution >= 0.6 is 0 Å². The first-order valence-corrected chi connectivity index (χ1v) is 8.63. The largest absolute Gasteiger partial charge is 0.363 e. The maximum absolute atomic E-state index is 12.4. The smallest absolute Gasteiger partial charge is 0.258 e. The van der Waals surface area contributed by atoms with Gasteiger partial charge >= 0.3 is 0 Å².